The zero-order chi connectivity index (χ0) is 6.10. The minimum absolute atomic E-state index is 1.09. The molecule has 2 aliphatic heterocycles. The van der Waals surface area contributed by atoms with Gasteiger partial charge in [-0.1, -0.05) is 0 Å². The van der Waals surface area contributed by atoms with Gasteiger partial charge in [-0.2, -0.15) is 0 Å². The number of nitrogens with two attached hydrogens (primary N) is 1. The molecule has 2 saturated heterocycles. The molecule has 1 heteroatoms. The summed E-state index contributed by atoms with van der Waals surface area (Å²) < 4.78 is 0. The second-order valence-electron chi connectivity index (χ2n) is 3.65. The quantitative estimate of drug-likeness (QED) is 0.483. The summed E-state index contributed by atoms with van der Waals surface area (Å²) in [5, 5.41) is 2.52. The normalized spacial score (nSPS) is 42.7. The highest BCUT2D eigenvalue weighted by Gasteiger charge is 2.26. The lowest BCUT2D eigenvalue weighted by atomic mass is 9.84. The zero-order valence-corrected chi connectivity index (χ0v) is 5.97. The highest BCUT2D eigenvalue weighted by Crippen LogP contribution is 2.28. The molecule has 9 heavy (non-hydrogen) atoms. The van der Waals surface area contributed by atoms with Crippen LogP contribution < -0.4 is 5.32 Å². The van der Waals surface area contributed by atoms with Crippen LogP contribution in [-0.4, -0.2) is 13.1 Å². The molecule has 3 rings (SSSR count). The highest BCUT2D eigenvalue weighted by molar-refractivity contribution is 4.73. The molecule has 3 aliphatic rings. The first-order valence-corrected chi connectivity index (χ1v) is 4.27. The average Bonchev–Trinajstić information content (AvgIpc) is 2.21. The Kier molecular flexibility index (Phi) is 1.46. The molecule has 0 radical (unpaired) electrons. The van der Waals surface area contributed by atoms with Crippen molar-refractivity contribution in [3.05, 3.63) is 0 Å². The van der Waals surface area contributed by atoms with Crippen molar-refractivity contribution in [2.45, 2.75) is 25.7 Å². The predicted molar refractivity (Wildman–Crippen MR) is 37.1 cm³/mol. The van der Waals surface area contributed by atoms with Crippen molar-refractivity contribution in [2.75, 3.05) is 13.1 Å². The zero-order valence-electron chi connectivity index (χ0n) is 5.97. The van der Waals surface area contributed by atoms with E-state index in [1.54, 1.807) is 0 Å². The fraction of sp³-hybridized carbons (Fsp3) is 1.00. The third-order valence-corrected chi connectivity index (χ3v) is 2.97. The molecule has 0 amide bonds. The van der Waals surface area contributed by atoms with Gasteiger partial charge in [0.2, 0.25) is 0 Å². The smallest absolute Gasteiger partial charge is 0.0784 e. The Bertz CT molecular complexity index is 75.2. The largest absolute Gasteiger partial charge is 0.346 e. The van der Waals surface area contributed by atoms with Crippen molar-refractivity contribution in [1.82, 2.24) is 0 Å². The maximum absolute atomic E-state index is 2.52. The maximum Gasteiger partial charge on any atom is 0.0784 e. The first-order valence-electron chi connectivity index (χ1n) is 4.27. The molecule has 0 atom stereocenters. The predicted octanol–water partition coefficient (Wildman–Crippen LogP) is 0.370. The fourth-order valence-electron chi connectivity index (χ4n) is 2.27. The van der Waals surface area contributed by atoms with Crippen LogP contribution in [0.25, 0.3) is 0 Å². The second-order valence-corrected chi connectivity index (χ2v) is 3.65. The Morgan fingerprint density at radius 2 is 1.22 bits per heavy atom. The van der Waals surface area contributed by atoms with Crippen LogP contribution in [0.5, 0.6) is 0 Å². The molecule has 0 aromatic rings. The fourth-order valence-corrected chi connectivity index (χ4v) is 2.27. The third kappa shape index (κ3) is 1.11. The van der Waals surface area contributed by atoms with E-state index in [0.717, 1.165) is 11.8 Å². The number of rotatable bonds is 0. The second kappa shape index (κ2) is 2.30. The first kappa shape index (κ1) is 5.72. The van der Waals surface area contributed by atoms with Gasteiger partial charge in [0.05, 0.1) is 13.1 Å². The maximum atomic E-state index is 2.52. The summed E-state index contributed by atoms with van der Waals surface area (Å²) in [5.41, 5.74) is 0. The molecule has 0 aromatic carbocycles. The molecule has 1 aliphatic carbocycles. The van der Waals surface area contributed by atoms with Crippen molar-refractivity contribution in [3.8, 4) is 0 Å². The molecule has 2 N–H and O–H groups in total. The first-order chi connectivity index (χ1) is 4.45. The van der Waals surface area contributed by atoms with Crippen molar-refractivity contribution < 1.29 is 5.32 Å². The minimum atomic E-state index is 1.09. The van der Waals surface area contributed by atoms with Crippen LogP contribution in [0.4, 0.5) is 0 Å². The average molecular weight is 126 g/mol. The monoisotopic (exact) mass is 126 g/mol. The highest BCUT2D eigenvalue weighted by atomic mass is 14.9. The third-order valence-electron chi connectivity index (χ3n) is 2.97. The van der Waals surface area contributed by atoms with Gasteiger partial charge in [0.1, 0.15) is 0 Å². The van der Waals surface area contributed by atoms with Gasteiger partial charge in [-0.05, 0) is 25.7 Å². The molecule has 3 fully saturated rings. The van der Waals surface area contributed by atoms with E-state index in [2.05, 4.69) is 5.32 Å². The Balaban J connectivity index is 2.03. The van der Waals surface area contributed by atoms with Gasteiger partial charge in [-0.25, -0.2) is 0 Å². The van der Waals surface area contributed by atoms with Gasteiger partial charge in [0.15, 0.2) is 0 Å². The van der Waals surface area contributed by atoms with Crippen LogP contribution in [0, 0.1) is 11.8 Å². The Labute approximate surface area is 56.8 Å². The lowest BCUT2D eigenvalue weighted by Crippen LogP contribution is -2.85. The van der Waals surface area contributed by atoms with Gasteiger partial charge in [-0.3, -0.25) is 0 Å². The molecular weight excluding hydrogens is 110 g/mol. The lowest BCUT2D eigenvalue weighted by Gasteiger charge is -2.18. The molecule has 2 heterocycles. The summed E-state index contributed by atoms with van der Waals surface area (Å²) in [6.07, 6.45) is 6.12. The van der Waals surface area contributed by atoms with Crippen LogP contribution in [0.15, 0.2) is 0 Å². The molecule has 1 nitrogen and oxygen atoms in total. The Hall–Kier alpha value is -0.0400. The van der Waals surface area contributed by atoms with E-state index in [-0.39, 0.29) is 0 Å². The van der Waals surface area contributed by atoms with Crippen molar-refractivity contribution in [1.29, 1.82) is 0 Å². The topological polar surface area (TPSA) is 16.6 Å². The van der Waals surface area contributed by atoms with E-state index in [1.807, 2.05) is 0 Å². The van der Waals surface area contributed by atoms with E-state index in [1.165, 1.54) is 38.8 Å². The Morgan fingerprint density at radius 3 is 1.67 bits per heavy atom. The van der Waals surface area contributed by atoms with Crippen molar-refractivity contribution >= 4 is 0 Å². The van der Waals surface area contributed by atoms with E-state index in [9.17, 15) is 0 Å². The van der Waals surface area contributed by atoms with Crippen LogP contribution >= 0.6 is 0 Å². The number of quaternary nitrogens is 1. The van der Waals surface area contributed by atoms with Crippen molar-refractivity contribution in [3.63, 3.8) is 0 Å². The lowest BCUT2D eigenvalue weighted by molar-refractivity contribution is -0.660. The van der Waals surface area contributed by atoms with Crippen LogP contribution in [0.1, 0.15) is 25.7 Å². The molecule has 1 saturated carbocycles. The summed E-state index contributed by atoms with van der Waals surface area (Å²) in [6, 6.07) is 0. The van der Waals surface area contributed by atoms with E-state index in [0.29, 0.717) is 0 Å². The minimum Gasteiger partial charge on any atom is -0.346 e. The molecule has 0 spiro atoms. The van der Waals surface area contributed by atoms with Gasteiger partial charge < -0.3 is 5.32 Å². The molecular formula is C8H16N+. The van der Waals surface area contributed by atoms with E-state index in [4.69, 9.17) is 0 Å². The Morgan fingerprint density at radius 1 is 0.778 bits per heavy atom. The van der Waals surface area contributed by atoms with Gasteiger partial charge in [0.25, 0.3) is 0 Å². The summed E-state index contributed by atoms with van der Waals surface area (Å²) in [7, 11) is 0. The summed E-state index contributed by atoms with van der Waals surface area (Å²) in [6.45, 7) is 2.85. The number of hydrogen-bond donors (Lipinski definition) is 1. The SMILES string of the molecule is C1CC2CCC1C[NH2+]C2. The standard InChI is InChI=1S/C8H15N/c1-2-8-4-3-7(1)5-9-6-8/h7-9H,1-6H2/p+1. The van der Waals surface area contributed by atoms with E-state index >= 15 is 0 Å². The number of hydrogen-bond acceptors (Lipinski definition) is 0. The van der Waals surface area contributed by atoms with Crippen LogP contribution in [0.3, 0.4) is 0 Å². The molecule has 0 aromatic heterocycles. The summed E-state index contributed by atoms with van der Waals surface area (Å²) >= 11 is 0. The molecule has 52 valence electrons. The van der Waals surface area contributed by atoms with Crippen molar-refractivity contribution in [2.24, 2.45) is 11.8 Å². The molecule has 2 bridgehead atoms. The van der Waals surface area contributed by atoms with Gasteiger partial charge in [0, 0.05) is 11.8 Å². The van der Waals surface area contributed by atoms with Crippen LogP contribution in [0.2, 0.25) is 0 Å². The summed E-state index contributed by atoms with van der Waals surface area (Å²) in [5.74, 6) is 2.17. The van der Waals surface area contributed by atoms with E-state index < -0.39 is 0 Å². The summed E-state index contributed by atoms with van der Waals surface area (Å²) in [4.78, 5) is 0. The van der Waals surface area contributed by atoms with Crippen LogP contribution in [-0.2, 0) is 0 Å². The van der Waals surface area contributed by atoms with Gasteiger partial charge in [-0.15, -0.1) is 0 Å². The molecule has 0 unspecified atom stereocenters. The van der Waals surface area contributed by atoms with Gasteiger partial charge >= 0.3 is 0 Å². The number of fused-ring (bicyclic) bond motifs is 4.